The molecule has 1 amide bonds. The Morgan fingerprint density at radius 2 is 2.00 bits per heavy atom. The molecule has 0 unspecified atom stereocenters. The van der Waals surface area contributed by atoms with Crippen molar-refractivity contribution in [2.24, 2.45) is 0 Å². The highest BCUT2D eigenvalue weighted by atomic mass is 35.5. The maximum atomic E-state index is 13.4. The first-order valence-corrected chi connectivity index (χ1v) is 11.9. The number of rotatable bonds is 5. The number of halogens is 1. The van der Waals surface area contributed by atoms with Crippen LogP contribution >= 0.6 is 11.6 Å². The van der Waals surface area contributed by atoms with E-state index in [4.69, 9.17) is 20.9 Å². The highest BCUT2D eigenvalue weighted by molar-refractivity contribution is 7.93. The summed E-state index contributed by atoms with van der Waals surface area (Å²) in [6, 6.07) is 10.2. The number of anilines is 2. The number of hydrogen-bond donors (Lipinski definition) is 0. The van der Waals surface area contributed by atoms with E-state index in [9.17, 15) is 13.2 Å². The zero-order valence-electron chi connectivity index (χ0n) is 17.1. The van der Waals surface area contributed by atoms with Crippen LogP contribution in [0.5, 0.6) is 5.75 Å². The maximum absolute atomic E-state index is 13.4. The van der Waals surface area contributed by atoms with E-state index < -0.39 is 10.0 Å². The molecule has 32 heavy (non-hydrogen) atoms. The molecule has 0 aliphatic carbocycles. The fraction of sp³-hybridized carbons (Fsp3) is 0.286. The second-order valence-corrected chi connectivity index (χ2v) is 9.67. The zero-order chi connectivity index (χ0) is 22.5. The molecule has 0 N–H and O–H groups in total. The van der Waals surface area contributed by atoms with Gasteiger partial charge >= 0.3 is 0 Å². The normalized spacial score (nSPS) is 15.5. The molecule has 3 heterocycles. The van der Waals surface area contributed by atoms with E-state index in [1.165, 1.54) is 21.3 Å². The molecule has 0 radical (unpaired) electrons. The van der Waals surface area contributed by atoms with Gasteiger partial charge in [0.05, 0.1) is 22.9 Å². The van der Waals surface area contributed by atoms with Crippen molar-refractivity contribution in [2.45, 2.75) is 31.2 Å². The molecule has 2 aromatic carbocycles. The van der Waals surface area contributed by atoms with Gasteiger partial charge in [-0.25, -0.2) is 8.42 Å². The number of hydrogen-bond acceptors (Lipinski definition) is 7. The number of fused-ring (bicyclic) bond motifs is 2. The van der Waals surface area contributed by atoms with Crippen LogP contribution in [0.2, 0.25) is 5.02 Å². The summed E-state index contributed by atoms with van der Waals surface area (Å²) in [5.74, 6) is 0.732. The number of benzene rings is 2. The lowest BCUT2D eigenvalue weighted by molar-refractivity contribution is -0.121. The van der Waals surface area contributed by atoms with E-state index in [2.05, 4.69) is 10.1 Å². The van der Waals surface area contributed by atoms with Gasteiger partial charge in [0.25, 0.3) is 15.9 Å². The van der Waals surface area contributed by atoms with E-state index in [-0.39, 0.29) is 34.7 Å². The molecule has 0 saturated carbocycles. The Kier molecular flexibility index (Phi) is 5.06. The van der Waals surface area contributed by atoms with Gasteiger partial charge in [-0.15, -0.1) is 0 Å². The standard InChI is InChI=1S/C21H19ClN4O5S/c1-2-20-23-19(24-31-20)11-25-16-9-14(22)18(10-17(16)30-12-21(25)27)32(28,29)26-8-7-13-5-3-4-6-15(13)26/h3-6,9-10H,2,7-8,11-12H2,1H3. The number of amides is 1. The summed E-state index contributed by atoms with van der Waals surface area (Å²) in [4.78, 5) is 18.1. The zero-order valence-corrected chi connectivity index (χ0v) is 18.7. The largest absolute Gasteiger partial charge is 0.482 e. The van der Waals surface area contributed by atoms with Gasteiger partial charge in [0.15, 0.2) is 12.4 Å². The molecule has 9 nitrogen and oxygen atoms in total. The number of aryl methyl sites for hydroxylation is 1. The van der Waals surface area contributed by atoms with Crippen LogP contribution in [0, 0.1) is 0 Å². The van der Waals surface area contributed by atoms with E-state index in [1.54, 1.807) is 12.1 Å². The summed E-state index contributed by atoms with van der Waals surface area (Å²) in [5.41, 5.74) is 1.96. The number of sulfonamides is 1. The maximum Gasteiger partial charge on any atom is 0.265 e. The minimum atomic E-state index is -3.93. The molecule has 3 aromatic rings. The van der Waals surface area contributed by atoms with Gasteiger partial charge in [0.1, 0.15) is 10.6 Å². The molecule has 5 rings (SSSR count). The van der Waals surface area contributed by atoms with Gasteiger partial charge in [-0.05, 0) is 24.1 Å². The van der Waals surface area contributed by atoms with Crippen LogP contribution in [-0.2, 0) is 34.2 Å². The molecule has 1 aromatic heterocycles. The first-order chi connectivity index (χ1) is 15.4. The molecule has 0 fully saturated rings. The molecule has 2 aliphatic heterocycles. The van der Waals surface area contributed by atoms with Crippen molar-refractivity contribution in [1.29, 1.82) is 0 Å². The van der Waals surface area contributed by atoms with E-state index in [0.717, 1.165) is 5.56 Å². The molecule has 0 bridgehead atoms. The summed E-state index contributed by atoms with van der Waals surface area (Å²) < 4.78 is 38.9. The van der Waals surface area contributed by atoms with Gasteiger partial charge in [-0.3, -0.25) is 14.0 Å². The lowest BCUT2D eigenvalue weighted by Crippen LogP contribution is -2.39. The second kappa shape index (κ2) is 7.79. The Labute approximate surface area is 189 Å². The molecular weight excluding hydrogens is 456 g/mol. The Morgan fingerprint density at radius 1 is 1.19 bits per heavy atom. The number of para-hydroxylation sites is 1. The minimum absolute atomic E-state index is 0.00112. The third-order valence-electron chi connectivity index (χ3n) is 5.48. The number of carbonyl (C=O) groups excluding carboxylic acids is 1. The van der Waals surface area contributed by atoms with Crippen LogP contribution in [-0.4, -0.2) is 37.6 Å². The van der Waals surface area contributed by atoms with Crippen molar-refractivity contribution >= 4 is 38.9 Å². The van der Waals surface area contributed by atoms with Crippen molar-refractivity contribution in [1.82, 2.24) is 10.1 Å². The molecule has 2 aliphatic rings. The number of ether oxygens (including phenoxy) is 1. The van der Waals surface area contributed by atoms with Crippen molar-refractivity contribution < 1.29 is 22.5 Å². The highest BCUT2D eigenvalue weighted by Gasteiger charge is 2.35. The van der Waals surface area contributed by atoms with Crippen LogP contribution in [0.15, 0.2) is 45.8 Å². The van der Waals surface area contributed by atoms with Crippen molar-refractivity contribution in [3.05, 3.63) is 58.7 Å². The quantitative estimate of drug-likeness (QED) is 0.559. The molecule has 11 heteroatoms. The van der Waals surface area contributed by atoms with Gasteiger partial charge < -0.3 is 9.26 Å². The predicted octanol–water partition coefficient (Wildman–Crippen LogP) is 2.96. The number of aromatic nitrogens is 2. The number of nitrogens with zero attached hydrogens (tertiary/aromatic N) is 4. The van der Waals surface area contributed by atoms with Crippen LogP contribution < -0.4 is 13.9 Å². The second-order valence-electron chi connectivity index (χ2n) is 7.43. The Morgan fingerprint density at radius 3 is 2.78 bits per heavy atom. The molecule has 0 spiro atoms. The van der Waals surface area contributed by atoms with Gasteiger partial charge in [0.2, 0.25) is 5.89 Å². The first kappa shape index (κ1) is 20.8. The predicted molar refractivity (Wildman–Crippen MR) is 116 cm³/mol. The average Bonchev–Trinajstić information content (AvgIpc) is 3.42. The van der Waals surface area contributed by atoms with Gasteiger partial charge in [0, 0.05) is 19.0 Å². The Bertz CT molecular complexity index is 1320. The van der Waals surface area contributed by atoms with Crippen molar-refractivity contribution in [3.8, 4) is 5.75 Å². The summed E-state index contributed by atoms with van der Waals surface area (Å²) in [6.45, 7) is 2.03. The third kappa shape index (κ3) is 3.39. The Balaban J connectivity index is 1.52. The third-order valence-corrected chi connectivity index (χ3v) is 7.76. The number of carbonyl (C=O) groups is 1. The van der Waals surface area contributed by atoms with Crippen LogP contribution in [0.25, 0.3) is 0 Å². The SMILES string of the molecule is CCc1nc(CN2C(=O)COc3cc(S(=O)(=O)N4CCc5ccccc54)c(Cl)cc32)no1. The fourth-order valence-electron chi connectivity index (χ4n) is 3.89. The van der Waals surface area contributed by atoms with Crippen LogP contribution in [0.3, 0.4) is 0 Å². The minimum Gasteiger partial charge on any atom is -0.482 e. The Hall–Kier alpha value is -3.11. The first-order valence-electron chi connectivity index (χ1n) is 10.1. The van der Waals surface area contributed by atoms with E-state index in [0.29, 0.717) is 42.5 Å². The summed E-state index contributed by atoms with van der Waals surface area (Å²) in [6.07, 6.45) is 1.20. The van der Waals surface area contributed by atoms with Crippen LogP contribution in [0.4, 0.5) is 11.4 Å². The van der Waals surface area contributed by atoms with Crippen molar-refractivity contribution in [2.75, 3.05) is 22.4 Å². The topological polar surface area (TPSA) is 106 Å². The smallest absolute Gasteiger partial charge is 0.265 e. The summed E-state index contributed by atoms with van der Waals surface area (Å²) >= 11 is 6.44. The summed E-state index contributed by atoms with van der Waals surface area (Å²) in [7, 11) is -3.93. The fourth-order valence-corrected chi connectivity index (χ4v) is 5.91. The molecule has 166 valence electrons. The lowest BCUT2D eigenvalue weighted by atomic mass is 10.2. The van der Waals surface area contributed by atoms with E-state index >= 15 is 0 Å². The molecular formula is C21H19ClN4O5S. The molecule has 0 saturated heterocycles. The molecule has 0 atom stereocenters. The highest BCUT2D eigenvalue weighted by Crippen LogP contribution is 2.41. The van der Waals surface area contributed by atoms with Crippen molar-refractivity contribution in [3.63, 3.8) is 0 Å². The lowest BCUT2D eigenvalue weighted by Gasteiger charge is -2.29. The summed E-state index contributed by atoms with van der Waals surface area (Å²) in [5, 5.41) is 3.88. The monoisotopic (exact) mass is 474 g/mol. The van der Waals surface area contributed by atoms with E-state index in [1.807, 2.05) is 19.1 Å². The van der Waals surface area contributed by atoms with Crippen LogP contribution in [0.1, 0.15) is 24.2 Å². The van der Waals surface area contributed by atoms with Gasteiger partial charge in [-0.1, -0.05) is 41.9 Å². The average molecular weight is 475 g/mol. The van der Waals surface area contributed by atoms with Gasteiger partial charge in [-0.2, -0.15) is 4.98 Å².